The first-order valence-electron chi connectivity index (χ1n) is 4.49. The summed E-state index contributed by atoms with van der Waals surface area (Å²) < 4.78 is 10.6. The third-order valence-electron chi connectivity index (χ3n) is 2.16. The van der Waals surface area contributed by atoms with Gasteiger partial charge in [0.25, 0.3) is 0 Å². The Hall–Kier alpha value is -1.62. The summed E-state index contributed by atoms with van der Waals surface area (Å²) in [6.07, 6.45) is 2.03. The predicted molar refractivity (Wildman–Crippen MR) is 61.6 cm³/mol. The summed E-state index contributed by atoms with van der Waals surface area (Å²) in [6, 6.07) is 5.41. The fourth-order valence-corrected chi connectivity index (χ4v) is 1.89. The van der Waals surface area contributed by atoms with Crippen molar-refractivity contribution in [2.24, 2.45) is 0 Å². The second-order valence-corrected chi connectivity index (χ2v) is 3.94. The highest BCUT2D eigenvalue weighted by atomic mass is 79.9. The molecule has 0 N–H and O–H groups in total. The van der Waals surface area contributed by atoms with E-state index in [1.54, 1.807) is 19.2 Å². The molecule has 5 heteroatoms. The zero-order chi connectivity index (χ0) is 11.5. The number of rotatable bonds is 3. The molecule has 2 rings (SSSR count). The maximum atomic E-state index is 10.8. The van der Waals surface area contributed by atoms with E-state index in [0.29, 0.717) is 17.5 Å². The molecule has 16 heavy (non-hydrogen) atoms. The summed E-state index contributed by atoms with van der Waals surface area (Å²) in [7, 11) is 1.59. The van der Waals surface area contributed by atoms with Crippen LogP contribution in [0.2, 0.25) is 0 Å². The lowest BCUT2D eigenvalue weighted by Gasteiger charge is -2.04. The minimum Gasteiger partial charge on any atom is -0.497 e. The Morgan fingerprint density at radius 2 is 2.31 bits per heavy atom. The standard InChI is InChI=1S/C11H8BrNO3/c1-15-8-2-3-9(10(12)4-8)11-7(5-14)6-16-13-11/h2-6H,1H3. The Morgan fingerprint density at radius 3 is 2.94 bits per heavy atom. The largest absolute Gasteiger partial charge is 0.497 e. The van der Waals surface area contributed by atoms with Gasteiger partial charge in [-0.15, -0.1) is 0 Å². The molecule has 0 atom stereocenters. The van der Waals surface area contributed by atoms with Gasteiger partial charge in [0.05, 0.1) is 12.7 Å². The Labute approximate surface area is 100 Å². The van der Waals surface area contributed by atoms with E-state index in [1.165, 1.54) is 6.26 Å². The fraction of sp³-hybridized carbons (Fsp3) is 0.0909. The zero-order valence-electron chi connectivity index (χ0n) is 8.44. The molecule has 2 aromatic rings. The van der Waals surface area contributed by atoms with E-state index in [-0.39, 0.29) is 0 Å². The van der Waals surface area contributed by atoms with Gasteiger partial charge in [-0.25, -0.2) is 0 Å². The van der Waals surface area contributed by atoms with Gasteiger partial charge in [-0.05, 0) is 34.1 Å². The second-order valence-electron chi connectivity index (χ2n) is 3.08. The summed E-state index contributed by atoms with van der Waals surface area (Å²) in [5, 5.41) is 3.80. The van der Waals surface area contributed by atoms with Gasteiger partial charge >= 0.3 is 0 Å². The first-order chi connectivity index (χ1) is 7.76. The number of ether oxygens (including phenoxy) is 1. The van der Waals surface area contributed by atoms with Crippen LogP contribution in [-0.2, 0) is 0 Å². The van der Waals surface area contributed by atoms with Gasteiger partial charge in [-0.1, -0.05) is 5.16 Å². The van der Waals surface area contributed by atoms with Crippen LogP contribution < -0.4 is 4.74 Å². The molecular formula is C11H8BrNO3. The minimum absolute atomic E-state index is 0.422. The number of aldehydes is 1. The van der Waals surface area contributed by atoms with Crippen molar-refractivity contribution in [1.29, 1.82) is 0 Å². The molecule has 0 bridgehead atoms. The highest BCUT2D eigenvalue weighted by molar-refractivity contribution is 9.10. The van der Waals surface area contributed by atoms with E-state index in [4.69, 9.17) is 9.26 Å². The predicted octanol–water partition coefficient (Wildman–Crippen LogP) is 2.93. The van der Waals surface area contributed by atoms with Crippen LogP contribution in [0.3, 0.4) is 0 Å². The molecule has 0 fully saturated rings. The lowest BCUT2D eigenvalue weighted by molar-refractivity contribution is 0.112. The number of nitrogens with zero attached hydrogens (tertiary/aromatic N) is 1. The summed E-state index contributed by atoms with van der Waals surface area (Å²) >= 11 is 3.40. The van der Waals surface area contributed by atoms with Gasteiger partial charge in [0, 0.05) is 10.0 Å². The summed E-state index contributed by atoms with van der Waals surface area (Å²) in [5.41, 5.74) is 1.73. The van der Waals surface area contributed by atoms with Gasteiger partial charge in [0.2, 0.25) is 0 Å². The van der Waals surface area contributed by atoms with Crippen LogP contribution in [0, 0.1) is 0 Å². The van der Waals surface area contributed by atoms with E-state index >= 15 is 0 Å². The third kappa shape index (κ3) is 1.86. The molecule has 0 unspecified atom stereocenters. The van der Waals surface area contributed by atoms with Gasteiger partial charge < -0.3 is 9.26 Å². The first-order valence-corrected chi connectivity index (χ1v) is 5.29. The summed E-state index contributed by atoms with van der Waals surface area (Å²) in [5.74, 6) is 0.728. The van der Waals surface area contributed by atoms with E-state index in [2.05, 4.69) is 21.1 Å². The van der Waals surface area contributed by atoms with Crippen molar-refractivity contribution in [2.75, 3.05) is 7.11 Å². The van der Waals surface area contributed by atoms with Crippen LogP contribution in [0.4, 0.5) is 0 Å². The molecule has 0 aliphatic rings. The Balaban J connectivity index is 2.52. The zero-order valence-corrected chi connectivity index (χ0v) is 10.0. The average molecular weight is 282 g/mol. The molecular weight excluding hydrogens is 274 g/mol. The van der Waals surface area contributed by atoms with Crippen molar-refractivity contribution in [3.63, 3.8) is 0 Å². The number of hydrogen-bond acceptors (Lipinski definition) is 4. The fourth-order valence-electron chi connectivity index (χ4n) is 1.35. The van der Waals surface area contributed by atoms with Gasteiger partial charge in [0.1, 0.15) is 17.7 Å². The average Bonchev–Trinajstić information content (AvgIpc) is 2.76. The first kappa shape index (κ1) is 10.9. The van der Waals surface area contributed by atoms with Crippen molar-refractivity contribution >= 4 is 22.2 Å². The monoisotopic (exact) mass is 281 g/mol. The van der Waals surface area contributed by atoms with Crippen LogP contribution in [0.25, 0.3) is 11.3 Å². The molecule has 0 aliphatic heterocycles. The summed E-state index contributed by atoms with van der Waals surface area (Å²) in [4.78, 5) is 10.8. The van der Waals surface area contributed by atoms with E-state index in [0.717, 1.165) is 15.8 Å². The number of carbonyl (C=O) groups is 1. The lowest BCUT2D eigenvalue weighted by atomic mass is 10.1. The Bertz CT molecular complexity index is 522. The molecule has 1 heterocycles. The van der Waals surface area contributed by atoms with Crippen LogP contribution in [0.5, 0.6) is 5.75 Å². The smallest absolute Gasteiger partial charge is 0.155 e. The van der Waals surface area contributed by atoms with Crippen molar-refractivity contribution < 1.29 is 14.1 Å². The number of aromatic nitrogens is 1. The number of benzene rings is 1. The van der Waals surface area contributed by atoms with Gasteiger partial charge in [0.15, 0.2) is 6.29 Å². The van der Waals surface area contributed by atoms with Gasteiger partial charge in [-0.2, -0.15) is 0 Å². The molecule has 0 radical (unpaired) electrons. The summed E-state index contributed by atoms with van der Waals surface area (Å²) in [6.45, 7) is 0. The van der Waals surface area contributed by atoms with Crippen molar-refractivity contribution in [3.05, 3.63) is 34.5 Å². The number of hydrogen-bond donors (Lipinski definition) is 0. The number of halogens is 1. The number of carbonyl (C=O) groups excluding carboxylic acids is 1. The van der Waals surface area contributed by atoms with E-state index < -0.39 is 0 Å². The lowest BCUT2D eigenvalue weighted by Crippen LogP contribution is -1.88. The molecule has 82 valence electrons. The van der Waals surface area contributed by atoms with Crippen molar-refractivity contribution in [3.8, 4) is 17.0 Å². The van der Waals surface area contributed by atoms with Crippen LogP contribution in [0.15, 0.2) is 33.5 Å². The molecule has 0 aliphatic carbocycles. The van der Waals surface area contributed by atoms with Gasteiger partial charge in [-0.3, -0.25) is 4.79 Å². The maximum absolute atomic E-state index is 10.8. The molecule has 0 spiro atoms. The second kappa shape index (κ2) is 4.49. The number of methoxy groups -OCH3 is 1. The van der Waals surface area contributed by atoms with E-state index in [1.807, 2.05) is 6.07 Å². The van der Waals surface area contributed by atoms with E-state index in [9.17, 15) is 4.79 Å². The Kier molecular flexibility index (Phi) is 3.05. The third-order valence-corrected chi connectivity index (χ3v) is 2.81. The van der Waals surface area contributed by atoms with Crippen molar-refractivity contribution in [2.45, 2.75) is 0 Å². The quantitative estimate of drug-likeness (QED) is 0.812. The SMILES string of the molecule is COc1ccc(-c2nocc2C=O)c(Br)c1. The molecule has 1 aromatic carbocycles. The minimum atomic E-state index is 0.422. The molecule has 0 saturated heterocycles. The normalized spacial score (nSPS) is 10.1. The van der Waals surface area contributed by atoms with Crippen LogP contribution >= 0.6 is 15.9 Å². The highest BCUT2D eigenvalue weighted by Crippen LogP contribution is 2.31. The Morgan fingerprint density at radius 1 is 1.50 bits per heavy atom. The van der Waals surface area contributed by atoms with Crippen molar-refractivity contribution in [1.82, 2.24) is 5.16 Å². The topological polar surface area (TPSA) is 52.3 Å². The molecule has 0 saturated carbocycles. The molecule has 4 nitrogen and oxygen atoms in total. The highest BCUT2D eigenvalue weighted by Gasteiger charge is 2.12. The van der Waals surface area contributed by atoms with Crippen LogP contribution in [0.1, 0.15) is 10.4 Å². The molecule has 0 amide bonds. The maximum Gasteiger partial charge on any atom is 0.155 e. The molecule has 1 aromatic heterocycles. The van der Waals surface area contributed by atoms with Crippen LogP contribution in [-0.4, -0.2) is 18.6 Å².